The third kappa shape index (κ3) is 6.35. The molecule has 0 saturated carbocycles. The zero-order valence-electron chi connectivity index (χ0n) is 11.4. The van der Waals surface area contributed by atoms with E-state index in [4.69, 9.17) is 5.11 Å². The first-order chi connectivity index (χ1) is 10.0. The zero-order valence-corrected chi connectivity index (χ0v) is 11.4. The Morgan fingerprint density at radius 3 is 1.81 bits per heavy atom. The van der Waals surface area contributed by atoms with Gasteiger partial charge in [0.2, 0.25) is 0 Å². The minimum Gasteiger partial charge on any atom is -0.550 e. The quantitative estimate of drug-likeness (QED) is 0.856. The van der Waals surface area contributed by atoms with Gasteiger partial charge in [0, 0.05) is 12.4 Å². The molecule has 0 amide bonds. The Morgan fingerprint density at radius 2 is 1.48 bits per heavy atom. The van der Waals surface area contributed by atoms with Gasteiger partial charge < -0.3 is 20.7 Å². The Morgan fingerprint density at radius 1 is 1.00 bits per heavy atom. The molecule has 110 valence electrons. The first-order valence-electron chi connectivity index (χ1n) is 6.35. The van der Waals surface area contributed by atoms with Gasteiger partial charge in [0.1, 0.15) is 5.69 Å². The van der Waals surface area contributed by atoms with Crippen LogP contribution in [0, 0.1) is 0 Å². The molecule has 0 aromatic heterocycles. The van der Waals surface area contributed by atoms with Gasteiger partial charge in [0.05, 0.1) is 5.92 Å². The van der Waals surface area contributed by atoms with Crippen molar-refractivity contribution in [2.24, 2.45) is 0 Å². The van der Waals surface area contributed by atoms with E-state index < -0.39 is 24.3 Å². The highest BCUT2D eigenvalue weighted by Crippen LogP contribution is 2.18. The van der Waals surface area contributed by atoms with E-state index in [2.05, 4.69) is 5.73 Å². The lowest BCUT2D eigenvalue weighted by molar-refractivity contribution is -0.306. The van der Waals surface area contributed by atoms with Crippen molar-refractivity contribution in [3.63, 3.8) is 0 Å². The van der Waals surface area contributed by atoms with Crippen molar-refractivity contribution in [2.75, 3.05) is 0 Å². The van der Waals surface area contributed by atoms with E-state index in [9.17, 15) is 14.7 Å². The van der Waals surface area contributed by atoms with Gasteiger partial charge in [-0.15, -0.1) is 0 Å². The molecule has 0 aliphatic rings. The summed E-state index contributed by atoms with van der Waals surface area (Å²) in [5.74, 6) is -3.54. The van der Waals surface area contributed by atoms with Crippen LogP contribution in [-0.4, -0.2) is 17.0 Å². The summed E-state index contributed by atoms with van der Waals surface area (Å²) in [6, 6.07) is 18.1. The summed E-state index contributed by atoms with van der Waals surface area (Å²) in [7, 11) is 0. The molecule has 0 aliphatic heterocycles. The molecule has 21 heavy (non-hydrogen) atoms. The van der Waals surface area contributed by atoms with Crippen molar-refractivity contribution in [1.29, 1.82) is 0 Å². The molecule has 0 spiro atoms. The molecule has 0 unspecified atom stereocenters. The summed E-state index contributed by atoms with van der Waals surface area (Å²) in [5, 5.41) is 19.1. The summed E-state index contributed by atoms with van der Waals surface area (Å²) in [6.07, 6.45) is -0.501. The number of hydrogen-bond acceptors (Lipinski definition) is 3. The van der Waals surface area contributed by atoms with Crippen LogP contribution in [0.5, 0.6) is 0 Å². The second-order valence-electron chi connectivity index (χ2n) is 4.36. The fraction of sp³-hybridized carbons (Fsp3) is 0.125. The number of carboxylic acids is 2. The second kappa shape index (κ2) is 8.50. The molecule has 0 fully saturated rings. The van der Waals surface area contributed by atoms with Gasteiger partial charge in [-0.1, -0.05) is 48.5 Å². The number of aliphatic carboxylic acids is 2. The fourth-order valence-corrected chi connectivity index (χ4v) is 1.68. The first kappa shape index (κ1) is 16.4. The fourth-order valence-electron chi connectivity index (χ4n) is 1.68. The normalized spacial score (nSPS) is 10.9. The third-order valence-electron chi connectivity index (χ3n) is 2.71. The van der Waals surface area contributed by atoms with Crippen molar-refractivity contribution >= 4 is 17.6 Å². The summed E-state index contributed by atoms with van der Waals surface area (Å²) in [6.45, 7) is 0. The van der Waals surface area contributed by atoms with Crippen LogP contribution < -0.4 is 10.8 Å². The number of rotatable bonds is 4. The average Bonchev–Trinajstić information content (AvgIpc) is 2.47. The SMILES string of the molecule is O=C([O-])C[C@H](C(=O)O)c1ccccc1.[NH3+]c1ccccc1. The molecule has 2 aromatic carbocycles. The van der Waals surface area contributed by atoms with Crippen LogP contribution in [0.25, 0.3) is 0 Å². The number of benzene rings is 2. The van der Waals surface area contributed by atoms with Crippen LogP contribution in [0.2, 0.25) is 0 Å². The van der Waals surface area contributed by atoms with Gasteiger partial charge in [-0.3, -0.25) is 4.79 Å². The summed E-state index contributed by atoms with van der Waals surface area (Å²) in [5.41, 5.74) is 5.27. The molecule has 0 saturated heterocycles. The van der Waals surface area contributed by atoms with Crippen LogP contribution in [-0.2, 0) is 9.59 Å². The van der Waals surface area contributed by atoms with Crippen LogP contribution in [0.3, 0.4) is 0 Å². The summed E-state index contributed by atoms with van der Waals surface area (Å²) >= 11 is 0. The maximum Gasteiger partial charge on any atom is 0.311 e. The van der Waals surface area contributed by atoms with E-state index >= 15 is 0 Å². The Kier molecular flexibility index (Phi) is 6.63. The Labute approximate surface area is 122 Å². The Balaban J connectivity index is 0.000000262. The smallest absolute Gasteiger partial charge is 0.311 e. The Bertz CT molecular complexity index is 569. The van der Waals surface area contributed by atoms with Crippen LogP contribution in [0.1, 0.15) is 17.9 Å². The number of carbonyl (C=O) groups excluding carboxylic acids is 1. The van der Waals surface area contributed by atoms with Crippen molar-refractivity contribution in [2.45, 2.75) is 12.3 Å². The van der Waals surface area contributed by atoms with Crippen LogP contribution in [0.15, 0.2) is 60.7 Å². The number of carbonyl (C=O) groups is 2. The van der Waals surface area contributed by atoms with E-state index in [1.54, 1.807) is 30.3 Å². The molecule has 0 heterocycles. The summed E-state index contributed by atoms with van der Waals surface area (Å²) < 4.78 is 0. The molecule has 5 nitrogen and oxygen atoms in total. The van der Waals surface area contributed by atoms with Crippen LogP contribution in [0.4, 0.5) is 5.69 Å². The lowest BCUT2D eigenvalue weighted by Crippen LogP contribution is -2.39. The van der Waals surface area contributed by atoms with E-state index in [0.717, 1.165) is 5.69 Å². The predicted octanol–water partition coefficient (Wildman–Crippen LogP) is 0.555. The monoisotopic (exact) mass is 287 g/mol. The molecule has 0 aliphatic carbocycles. The highest BCUT2D eigenvalue weighted by molar-refractivity contribution is 5.81. The maximum atomic E-state index is 10.7. The molecule has 1 atom stereocenters. The molecule has 0 bridgehead atoms. The molecule has 5 heteroatoms. The highest BCUT2D eigenvalue weighted by atomic mass is 16.4. The lowest BCUT2D eigenvalue weighted by atomic mass is 9.96. The highest BCUT2D eigenvalue weighted by Gasteiger charge is 2.19. The van der Waals surface area contributed by atoms with E-state index in [1.807, 2.05) is 30.3 Å². The topological polar surface area (TPSA) is 105 Å². The van der Waals surface area contributed by atoms with E-state index in [-0.39, 0.29) is 0 Å². The first-order valence-corrected chi connectivity index (χ1v) is 6.35. The number of hydrogen-bond donors (Lipinski definition) is 2. The summed E-state index contributed by atoms with van der Waals surface area (Å²) in [4.78, 5) is 21.1. The molecular weight excluding hydrogens is 270 g/mol. The van der Waals surface area contributed by atoms with Crippen molar-refractivity contribution in [3.05, 3.63) is 66.2 Å². The number of carboxylic acid groups (broad SMARTS) is 2. The minimum atomic E-state index is -1.36. The van der Waals surface area contributed by atoms with Crippen molar-refractivity contribution < 1.29 is 25.5 Å². The van der Waals surface area contributed by atoms with Gasteiger partial charge >= 0.3 is 5.97 Å². The standard InChI is InChI=1S/C10H10O4.C6H7N/c11-9(12)6-8(10(13)14)7-4-2-1-3-5-7;7-6-4-2-1-3-5-6/h1-5,8H,6H2,(H,11,12)(H,13,14);1-5H,7H2/t8-;/m0./s1. The van der Waals surface area contributed by atoms with Gasteiger partial charge in [0.15, 0.2) is 0 Å². The molecular formula is C16H17NO4. The van der Waals surface area contributed by atoms with Crippen LogP contribution >= 0.6 is 0 Å². The Hall–Kier alpha value is -2.66. The predicted molar refractivity (Wildman–Crippen MR) is 75.4 cm³/mol. The zero-order chi connectivity index (χ0) is 15.7. The van der Waals surface area contributed by atoms with Gasteiger partial charge in [-0.05, 0) is 17.7 Å². The van der Waals surface area contributed by atoms with Crippen molar-refractivity contribution in [1.82, 2.24) is 0 Å². The lowest BCUT2D eigenvalue weighted by Gasteiger charge is -2.12. The average molecular weight is 287 g/mol. The maximum absolute atomic E-state index is 10.7. The largest absolute Gasteiger partial charge is 0.550 e. The van der Waals surface area contributed by atoms with Gasteiger partial charge in [0.25, 0.3) is 0 Å². The molecule has 4 N–H and O–H groups in total. The minimum absolute atomic E-state index is 0.476. The third-order valence-corrected chi connectivity index (χ3v) is 2.71. The van der Waals surface area contributed by atoms with Gasteiger partial charge in [-0.2, -0.15) is 0 Å². The van der Waals surface area contributed by atoms with Gasteiger partial charge in [-0.25, -0.2) is 0 Å². The molecule has 0 radical (unpaired) electrons. The van der Waals surface area contributed by atoms with E-state index in [1.165, 1.54) is 0 Å². The second-order valence-corrected chi connectivity index (χ2v) is 4.36. The van der Waals surface area contributed by atoms with Crippen molar-refractivity contribution in [3.8, 4) is 0 Å². The van der Waals surface area contributed by atoms with E-state index in [0.29, 0.717) is 5.56 Å². The number of quaternary nitrogens is 1. The molecule has 2 rings (SSSR count). The molecule has 2 aromatic rings.